The first-order chi connectivity index (χ1) is 11.9. The van der Waals surface area contributed by atoms with Crippen LogP contribution in [0.3, 0.4) is 0 Å². The molecule has 25 heavy (non-hydrogen) atoms. The molecule has 3 N–H and O–H groups in total. The number of carbonyl (C=O) groups is 2. The molecular formula is C19H21N3O2S. The van der Waals surface area contributed by atoms with Crippen LogP contribution in [0, 0.1) is 13.8 Å². The van der Waals surface area contributed by atoms with Crippen LogP contribution in [0.5, 0.6) is 0 Å². The zero-order valence-corrected chi connectivity index (χ0v) is 15.3. The molecule has 2 rings (SSSR count). The minimum atomic E-state index is -0.248. The summed E-state index contributed by atoms with van der Waals surface area (Å²) in [4.78, 5) is 23.7. The molecule has 130 valence electrons. The zero-order chi connectivity index (χ0) is 18.4. The van der Waals surface area contributed by atoms with E-state index in [0.717, 1.165) is 16.8 Å². The summed E-state index contributed by atoms with van der Waals surface area (Å²) in [5.74, 6) is -0.293. The summed E-state index contributed by atoms with van der Waals surface area (Å²) in [7, 11) is 0. The summed E-state index contributed by atoms with van der Waals surface area (Å²) >= 11 is 5.19. The summed E-state index contributed by atoms with van der Waals surface area (Å²) in [6, 6.07) is 12.7. The van der Waals surface area contributed by atoms with Gasteiger partial charge < -0.3 is 10.6 Å². The van der Waals surface area contributed by atoms with Crippen molar-refractivity contribution >= 4 is 40.5 Å². The lowest BCUT2D eigenvalue weighted by Gasteiger charge is -2.12. The van der Waals surface area contributed by atoms with E-state index in [1.54, 1.807) is 37.3 Å². The molecule has 0 atom stereocenters. The second kappa shape index (κ2) is 8.39. The highest BCUT2D eigenvalue weighted by molar-refractivity contribution is 7.80. The number of anilines is 2. The highest BCUT2D eigenvalue weighted by Crippen LogP contribution is 2.14. The summed E-state index contributed by atoms with van der Waals surface area (Å²) < 4.78 is 0. The monoisotopic (exact) mass is 355 g/mol. The normalized spacial score (nSPS) is 10.0. The summed E-state index contributed by atoms with van der Waals surface area (Å²) in [5.41, 5.74) is 4.02. The number of aryl methyl sites for hydroxylation is 2. The van der Waals surface area contributed by atoms with Gasteiger partial charge in [-0.1, -0.05) is 24.6 Å². The molecule has 0 unspecified atom stereocenters. The first-order valence-corrected chi connectivity index (χ1v) is 8.39. The van der Waals surface area contributed by atoms with E-state index in [0.29, 0.717) is 17.7 Å². The molecule has 0 fully saturated rings. The quantitative estimate of drug-likeness (QED) is 0.730. The van der Waals surface area contributed by atoms with Crippen molar-refractivity contribution in [2.24, 2.45) is 0 Å². The van der Waals surface area contributed by atoms with E-state index in [4.69, 9.17) is 12.2 Å². The van der Waals surface area contributed by atoms with Gasteiger partial charge in [-0.15, -0.1) is 0 Å². The Labute approximate surface area is 152 Å². The molecule has 2 aromatic rings. The fourth-order valence-corrected chi connectivity index (χ4v) is 2.50. The topological polar surface area (TPSA) is 70.2 Å². The molecule has 0 saturated carbocycles. The maximum Gasteiger partial charge on any atom is 0.257 e. The standard InChI is InChI=1S/C19H21N3O2S/c1-4-17(23)20-14-6-8-15(9-7-14)21-19(25)22-18(24)16-10-5-12(2)11-13(16)3/h5-11H,4H2,1-3H3,(H,20,23)(H2,21,22,24,25). The molecule has 0 spiro atoms. The Morgan fingerprint density at radius 2 is 1.56 bits per heavy atom. The Balaban J connectivity index is 1.95. The molecule has 0 aliphatic carbocycles. The van der Waals surface area contributed by atoms with Crippen molar-refractivity contribution in [2.45, 2.75) is 27.2 Å². The van der Waals surface area contributed by atoms with Crippen molar-refractivity contribution in [1.29, 1.82) is 0 Å². The molecule has 6 heteroatoms. The van der Waals surface area contributed by atoms with Crippen molar-refractivity contribution in [2.75, 3.05) is 10.6 Å². The van der Waals surface area contributed by atoms with Crippen molar-refractivity contribution < 1.29 is 9.59 Å². The van der Waals surface area contributed by atoms with E-state index >= 15 is 0 Å². The predicted octanol–water partition coefficient (Wildman–Crippen LogP) is 3.78. The minimum Gasteiger partial charge on any atom is -0.332 e. The van der Waals surface area contributed by atoms with Crippen LogP contribution >= 0.6 is 12.2 Å². The van der Waals surface area contributed by atoms with Crippen LogP contribution in [-0.4, -0.2) is 16.9 Å². The van der Waals surface area contributed by atoms with Crippen LogP contribution in [0.1, 0.15) is 34.8 Å². The van der Waals surface area contributed by atoms with Crippen molar-refractivity contribution in [3.63, 3.8) is 0 Å². The highest BCUT2D eigenvalue weighted by atomic mass is 32.1. The SMILES string of the molecule is CCC(=O)Nc1ccc(NC(=S)NC(=O)c2ccc(C)cc2C)cc1. The van der Waals surface area contributed by atoms with Gasteiger partial charge in [0.2, 0.25) is 5.91 Å². The lowest BCUT2D eigenvalue weighted by molar-refractivity contribution is -0.115. The summed E-state index contributed by atoms with van der Waals surface area (Å²) in [6.07, 6.45) is 0.425. The van der Waals surface area contributed by atoms with E-state index in [1.165, 1.54) is 0 Å². The molecule has 2 amide bonds. The number of hydrogen-bond donors (Lipinski definition) is 3. The summed E-state index contributed by atoms with van der Waals surface area (Å²) in [5, 5.41) is 8.61. The Bertz CT molecular complexity index is 801. The van der Waals surface area contributed by atoms with Crippen LogP contribution in [-0.2, 0) is 4.79 Å². The third-order valence-corrected chi connectivity index (χ3v) is 3.81. The minimum absolute atomic E-state index is 0.0445. The Morgan fingerprint density at radius 3 is 2.12 bits per heavy atom. The third-order valence-electron chi connectivity index (χ3n) is 3.60. The second-order valence-corrected chi connectivity index (χ2v) is 6.11. The molecule has 2 aromatic carbocycles. The van der Waals surface area contributed by atoms with Crippen LogP contribution in [0.15, 0.2) is 42.5 Å². The highest BCUT2D eigenvalue weighted by Gasteiger charge is 2.10. The maximum atomic E-state index is 12.3. The van der Waals surface area contributed by atoms with Gasteiger partial charge in [-0.05, 0) is 62.0 Å². The Kier molecular flexibility index (Phi) is 6.25. The van der Waals surface area contributed by atoms with E-state index in [1.807, 2.05) is 26.0 Å². The van der Waals surface area contributed by atoms with Crippen LogP contribution in [0.4, 0.5) is 11.4 Å². The Hall–Kier alpha value is -2.73. The van der Waals surface area contributed by atoms with Gasteiger partial charge in [-0.2, -0.15) is 0 Å². The average molecular weight is 355 g/mol. The fraction of sp³-hybridized carbons (Fsp3) is 0.211. The van der Waals surface area contributed by atoms with Crippen LogP contribution < -0.4 is 16.0 Å². The molecule has 0 radical (unpaired) electrons. The summed E-state index contributed by atoms with van der Waals surface area (Å²) in [6.45, 7) is 5.66. The van der Waals surface area contributed by atoms with Gasteiger partial charge in [-0.3, -0.25) is 14.9 Å². The number of nitrogens with one attached hydrogen (secondary N) is 3. The van der Waals surface area contributed by atoms with E-state index in [9.17, 15) is 9.59 Å². The zero-order valence-electron chi connectivity index (χ0n) is 14.5. The van der Waals surface area contributed by atoms with E-state index in [-0.39, 0.29) is 16.9 Å². The predicted molar refractivity (Wildman–Crippen MR) is 105 cm³/mol. The molecule has 0 aliphatic heterocycles. The number of benzene rings is 2. The number of thiocarbonyl (C=S) groups is 1. The second-order valence-electron chi connectivity index (χ2n) is 5.71. The first-order valence-electron chi connectivity index (χ1n) is 7.98. The lowest BCUT2D eigenvalue weighted by atomic mass is 10.1. The van der Waals surface area contributed by atoms with Gasteiger partial charge in [0, 0.05) is 23.4 Å². The molecule has 5 nitrogen and oxygen atoms in total. The molecule has 0 bridgehead atoms. The number of amides is 2. The van der Waals surface area contributed by atoms with E-state index in [2.05, 4.69) is 16.0 Å². The number of rotatable bonds is 4. The van der Waals surface area contributed by atoms with Gasteiger partial charge in [0.05, 0.1) is 0 Å². The number of carbonyl (C=O) groups excluding carboxylic acids is 2. The molecule has 0 aliphatic rings. The van der Waals surface area contributed by atoms with Crippen molar-refractivity contribution in [3.8, 4) is 0 Å². The molecule has 0 heterocycles. The van der Waals surface area contributed by atoms with Gasteiger partial charge in [0.15, 0.2) is 5.11 Å². The van der Waals surface area contributed by atoms with Crippen LogP contribution in [0.2, 0.25) is 0 Å². The van der Waals surface area contributed by atoms with E-state index < -0.39 is 0 Å². The lowest BCUT2D eigenvalue weighted by Crippen LogP contribution is -2.34. The fourth-order valence-electron chi connectivity index (χ4n) is 2.29. The largest absolute Gasteiger partial charge is 0.332 e. The number of hydrogen-bond acceptors (Lipinski definition) is 3. The molecule has 0 aromatic heterocycles. The third kappa shape index (κ3) is 5.39. The Morgan fingerprint density at radius 1 is 0.960 bits per heavy atom. The average Bonchev–Trinajstić information content (AvgIpc) is 2.56. The van der Waals surface area contributed by atoms with Gasteiger partial charge in [0.25, 0.3) is 5.91 Å². The van der Waals surface area contributed by atoms with Gasteiger partial charge >= 0.3 is 0 Å². The smallest absolute Gasteiger partial charge is 0.257 e. The molecular weight excluding hydrogens is 334 g/mol. The van der Waals surface area contributed by atoms with Crippen molar-refractivity contribution in [1.82, 2.24) is 5.32 Å². The van der Waals surface area contributed by atoms with Crippen LogP contribution in [0.25, 0.3) is 0 Å². The first kappa shape index (κ1) is 18.6. The van der Waals surface area contributed by atoms with Gasteiger partial charge in [0.1, 0.15) is 0 Å². The molecule has 0 saturated heterocycles. The maximum absolute atomic E-state index is 12.3. The van der Waals surface area contributed by atoms with Crippen molar-refractivity contribution in [3.05, 3.63) is 59.2 Å². The van der Waals surface area contributed by atoms with Gasteiger partial charge in [-0.25, -0.2) is 0 Å².